The van der Waals surface area contributed by atoms with Gasteiger partial charge in [0.1, 0.15) is 20.0 Å². The van der Waals surface area contributed by atoms with Crippen LogP contribution in [0, 0.1) is 19.7 Å². The van der Waals surface area contributed by atoms with Gasteiger partial charge in [-0.15, -0.1) is 11.3 Å². The van der Waals surface area contributed by atoms with Crippen molar-refractivity contribution in [2.45, 2.75) is 38.8 Å². The van der Waals surface area contributed by atoms with Crippen molar-refractivity contribution in [2.75, 3.05) is 11.9 Å². The number of aromatic nitrogens is 2. The number of hydrogen-bond donors (Lipinski definition) is 0. The van der Waals surface area contributed by atoms with Crippen LogP contribution in [0.4, 0.5) is 10.1 Å². The molecule has 0 atom stereocenters. The fourth-order valence-electron chi connectivity index (χ4n) is 4.23. The van der Waals surface area contributed by atoms with E-state index in [0.717, 1.165) is 31.8 Å². The van der Waals surface area contributed by atoms with Crippen molar-refractivity contribution >= 4 is 51.2 Å². The Morgan fingerprint density at radius 2 is 1.89 bits per heavy atom. The van der Waals surface area contributed by atoms with Gasteiger partial charge in [0.15, 0.2) is 12.7 Å². The van der Waals surface area contributed by atoms with Gasteiger partial charge in [0.2, 0.25) is 0 Å². The van der Waals surface area contributed by atoms with Crippen LogP contribution in [-0.4, -0.2) is 11.6 Å². The monoisotopic (exact) mass is 545 g/mol. The Hall–Kier alpha value is -2.39. The standard InChI is InChI=1S/C26H25FN3OS3.ClH/c1-5-30-23(14-22-29(11-12-32-22)15-19-16(2)7-6-8-17(19)3)34-24(25(30)31)26-28(4)20-10-9-18(27)13-21(20)33-26;/h6-14H,5,15H2,1-4H3;1H/q+1;/p-1/b26-24+;. The van der Waals surface area contributed by atoms with E-state index in [2.05, 4.69) is 54.3 Å². The molecule has 0 amide bonds. The highest BCUT2D eigenvalue weighted by Gasteiger charge is 2.25. The molecule has 0 saturated carbocycles. The molecule has 0 unspecified atom stereocenters. The van der Waals surface area contributed by atoms with Gasteiger partial charge in [-0.25, -0.2) is 4.39 Å². The maximum Gasteiger partial charge on any atom is 0.271 e. The summed E-state index contributed by atoms with van der Waals surface area (Å²) < 4.78 is 19.4. The van der Waals surface area contributed by atoms with Crippen molar-refractivity contribution in [1.82, 2.24) is 4.57 Å². The summed E-state index contributed by atoms with van der Waals surface area (Å²) in [6.07, 6.45) is 4.22. The summed E-state index contributed by atoms with van der Waals surface area (Å²) in [5.74, 6) is -0.266. The molecule has 1 aliphatic heterocycles. The molecule has 0 fully saturated rings. The van der Waals surface area contributed by atoms with Crippen LogP contribution in [0.15, 0.2) is 57.7 Å². The minimum Gasteiger partial charge on any atom is -1.00 e. The second-order valence-corrected chi connectivity index (χ2v) is 11.3. The lowest BCUT2D eigenvalue weighted by Crippen LogP contribution is -3.00. The van der Waals surface area contributed by atoms with Gasteiger partial charge in [-0.3, -0.25) is 9.36 Å². The lowest BCUT2D eigenvalue weighted by molar-refractivity contribution is -0.685. The molecule has 2 aromatic heterocycles. The molecule has 0 N–H and O–H groups in total. The molecule has 182 valence electrons. The molecule has 2 aromatic carbocycles. The Balaban J connectivity index is 0.00000289. The summed E-state index contributed by atoms with van der Waals surface area (Å²) in [7, 11) is 1.93. The molecule has 0 aliphatic carbocycles. The van der Waals surface area contributed by atoms with Crippen LogP contribution in [0.1, 0.15) is 28.6 Å². The van der Waals surface area contributed by atoms with Crippen LogP contribution >= 0.6 is 34.4 Å². The third kappa shape index (κ3) is 4.72. The van der Waals surface area contributed by atoms with E-state index in [0.29, 0.717) is 11.1 Å². The molecule has 9 heteroatoms. The van der Waals surface area contributed by atoms with Crippen LogP contribution in [-0.2, 0) is 13.1 Å². The number of fused-ring (bicyclic) bond motifs is 1. The quantitative estimate of drug-likeness (QED) is 0.361. The van der Waals surface area contributed by atoms with E-state index >= 15 is 0 Å². The maximum atomic E-state index is 13.8. The first-order valence-electron chi connectivity index (χ1n) is 11.1. The van der Waals surface area contributed by atoms with Crippen molar-refractivity contribution in [3.05, 3.63) is 95.0 Å². The minimum absolute atomic E-state index is 0. The fourth-order valence-corrected chi connectivity index (χ4v) is 7.57. The van der Waals surface area contributed by atoms with E-state index in [1.54, 1.807) is 17.4 Å². The molecule has 4 nitrogen and oxygen atoms in total. The van der Waals surface area contributed by atoms with Gasteiger partial charge >= 0.3 is 0 Å². The smallest absolute Gasteiger partial charge is 0.271 e. The third-order valence-corrected chi connectivity index (χ3v) is 9.47. The average Bonchev–Trinajstić information content (AvgIpc) is 3.47. The molecule has 0 radical (unpaired) electrons. The molecular weight excluding hydrogens is 521 g/mol. The lowest BCUT2D eigenvalue weighted by atomic mass is 10.0. The zero-order valence-electron chi connectivity index (χ0n) is 19.8. The molecule has 4 aromatic rings. The van der Waals surface area contributed by atoms with Crippen LogP contribution in [0.25, 0.3) is 11.1 Å². The van der Waals surface area contributed by atoms with Gasteiger partial charge in [0, 0.05) is 24.1 Å². The normalized spacial score (nSPS) is 14.9. The van der Waals surface area contributed by atoms with Crippen LogP contribution in [0.5, 0.6) is 0 Å². The molecule has 3 heterocycles. The maximum absolute atomic E-state index is 13.8. The van der Waals surface area contributed by atoms with Crippen molar-refractivity contribution in [1.29, 1.82) is 0 Å². The molecule has 0 bridgehead atoms. The predicted molar refractivity (Wildman–Crippen MR) is 141 cm³/mol. The predicted octanol–water partition coefficient (Wildman–Crippen LogP) is 1.22. The van der Waals surface area contributed by atoms with E-state index < -0.39 is 0 Å². The van der Waals surface area contributed by atoms with Crippen molar-refractivity contribution in [3.63, 3.8) is 0 Å². The SMILES string of the molecule is CCn1c(=O)/c(=C2\Sc3cc(F)ccc3N2C)s/c1=C\c1scc[n+]1Cc1c(C)cccc1C.[Cl-]. The van der Waals surface area contributed by atoms with E-state index in [4.69, 9.17) is 0 Å². The van der Waals surface area contributed by atoms with E-state index in [1.807, 2.05) is 23.4 Å². The largest absolute Gasteiger partial charge is 1.00 e. The number of benzene rings is 2. The minimum atomic E-state index is -0.266. The zero-order valence-corrected chi connectivity index (χ0v) is 23.0. The van der Waals surface area contributed by atoms with Crippen molar-refractivity contribution < 1.29 is 21.4 Å². The Bertz CT molecular complexity index is 1570. The molecule has 0 saturated heterocycles. The summed E-state index contributed by atoms with van der Waals surface area (Å²) in [4.78, 5) is 16.2. The highest BCUT2D eigenvalue weighted by atomic mass is 35.5. The Morgan fingerprint density at radius 3 is 2.60 bits per heavy atom. The van der Waals surface area contributed by atoms with Crippen LogP contribution in [0.2, 0.25) is 0 Å². The van der Waals surface area contributed by atoms with E-state index in [-0.39, 0.29) is 23.8 Å². The molecule has 35 heavy (non-hydrogen) atoms. The first-order chi connectivity index (χ1) is 16.4. The summed E-state index contributed by atoms with van der Waals surface area (Å²) in [5, 5.41) is 4.04. The Labute approximate surface area is 222 Å². The van der Waals surface area contributed by atoms with Crippen LogP contribution in [0.3, 0.4) is 0 Å². The van der Waals surface area contributed by atoms with Gasteiger partial charge in [0.25, 0.3) is 10.6 Å². The summed E-state index contributed by atoms with van der Waals surface area (Å²) in [6, 6.07) is 11.2. The van der Waals surface area contributed by atoms with Crippen molar-refractivity contribution in [3.8, 4) is 0 Å². The summed E-state index contributed by atoms with van der Waals surface area (Å²) in [6.45, 7) is 7.67. The van der Waals surface area contributed by atoms with E-state index in [1.165, 1.54) is 51.9 Å². The van der Waals surface area contributed by atoms with Gasteiger partial charge in [-0.2, -0.15) is 4.57 Å². The summed E-state index contributed by atoms with van der Waals surface area (Å²) in [5.41, 5.74) is 4.81. The second kappa shape index (κ2) is 10.3. The fraction of sp³-hybridized carbons (Fsp3) is 0.231. The van der Waals surface area contributed by atoms with Crippen molar-refractivity contribution in [2.24, 2.45) is 0 Å². The van der Waals surface area contributed by atoms with Gasteiger partial charge < -0.3 is 17.3 Å². The highest BCUT2D eigenvalue weighted by molar-refractivity contribution is 8.08. The first kappa shape index (κ1) is 25.7. The number of aryl methyl sites for hydroxylation is 2. The first-order valence-corrected chi connectivity index (χ1v) is 13.6. The second-order valence-electron chi connectivity index (χ2n) is 8.28. The van der Waals surface area contributed by atoms with Gasteiger partial charge in [-0.1, -0.05) is 41.3 Å². The Kier molecular flexibility index (Phi) is 7.57. The topological polar surface area (TPSA) is 29.1 Å². The number of rotatable bonds is 4. The summed E-state index contributed by atoms with van der Waals surface area (Å²) >= 11 is 4.63. The van der Waals surface area contributed by atoms with Crippen LogP contribution < -0.4 is 36.6 Å². The lowest BCUT2D eigenvalue weighted by Gasteiger charge is -2.12. The average molecular weight is 546 g/mol. The highest BCUT2D eigenvalue weighted by Crippen LogP contribution is 2.45. The van der Waals surface area contributed by atoms with Gasteiger partial charge in [0.05, 0.1) is 17.1 Å². The van der Waals surface area contributed by atoms with Gasteiger partial charge in [-0.05, 0) is 50.1 Å². The van der Waals surface area contributed by atoms with E-state index in [9.17, 15) is 9.18 Å². The number of halogens is 2. The molecular formula is C26H25ClFN3OS3. The number of anilines is 1. The molecule has 0 spiro atoms. The molecule has 1 aliphatic rings. The third-order valence-electron chi connectivity index (χ3n) is 6.15. The molecule has 5 rings (SSSR count). The number of thioether (sulfide) groups is 1. The zero-order chi connectivity index (χ0) is 24.0. The number of thiazole rings is 2. The Morgan fingerprint density at radius 1 is 1.14 bits per heavy atom. The number of hydrogen-bond acceptors (Lipinski definition) is 5. The number of nitrogens with zero attached hydrogens (tertiary/aromatic N) is 3.